The van der Waals surface area contributed by atoms with E-state index in [-0.39, 0.29) is 23.2 Å². The normalized spacial score (nSPS) is 15.9. The molecular weight excluding hydrogens is 608 g/mol. The van der Waals surface area contributed by atoms with E-state index in [4.69, 9.17) is 14.2 Å². The lowest BCUT2D eigenvalue weighted by Gasteiger charge is -2.32. The Labute approximate surface area is 280 Å². The van der Waals surface area contributed by atoms with Crippen molar-refractivity contribution in [3.63, 3.8) is 0 Å². The number of hydrogen-bond acceptors (Lipinski definition) is 7. The van der Waals surface area contributed by atoms with Crippen molar-refractivity contribution in [2.75, 3.05) is 33.2 Å². The summed E-state index contributed by atoms with van der Waals surface area (Å²) in [7, 11) is 4.71. The molecule has 2 atom stereocenters. The molecule has 2 amide bonds. The predicted octanol–water partition coefficient (Wildman–Crippen LogP) is 5.76. The zero-order valence-electron chi connectivity index (χ0n) is 28.5. The summed E-state index contributed by atoms with van der Waals surface area (Å²) < 4.78 is 17.3. The van der Waals surface area contributed by atoms with Crippen molar-refractivity contribution in [2.45, 2.75) is 65.1 Å². The summed E-state index contributed by atoms with van der Waals surface area (Å²) in [6.07, 6.45) is 2.46. The number of nitrogens with zero attached hydrogens (tertiary/aromatic N) is 1. The number of carbonyl (C=O) groups excluding carboxylic acids is 2. The number of aryl methyl sites for hydroxylation is 1. The molecule has 10 nitrogen and oxygen atoms in total. The number of para-hydroxylation sites is 1. The Balaban J connectivity index is 1.41. The molecule has 6 rings (SSSR count). The van der Waals surface area contributed by atoms with Gasteiger partial charge in [-0.1, -0.05) is 38.1 Å². The number of aromatic nitrogens is 1. The molecular formula is C38H44N4O6. The SMILES string of the molecule is COc1cc2c(c(OC)c1OC)-c1ccc(NC(CC(C)C)C(=O)N3CCc4[nH]c5ccccc5c4C3)c(=O)cc1C(NC(C)=O)CC2. The molecule has 3 aromatic carbocycles. The Kier molecular flexibility index (Phi) is 9.35. The largest absolute Gasteiger partial charge is 0.493 e. The molecule has 0 bridgehead atoms. The van der Waals surface area contributed by atoms with Crippen LogP contribution in [0.25, 0.3) is 22.0 Å². The predicted molar refractivity (Wildman–Crippen MR) is 187 cm³/mol. The monoisotopic (exact) mass is 652 g/mol. The molecule has 0 fully saturated rings. The van der Waals surface area contributed by atoms with E-state index in [2.05, 4.69) is 41.6 Å². The van der Waals surface area contributed by atoms with Crippen LogP contribution < -0.4 is 30.3 Å². The Morgan fingerprint density at radius 1 is 1.00 bits per heavy atom. The van der Waals surface area contributed by atoms with Crippen LogP contribution in [0.3, 0.4) is 0 Å². The van der Waals surface area contributed by atoms with Gasteiger partial charge in [0.25, 0.3) is 0 Å². The van der Waals surface area contributed by atoms with E-state index >= 15 is 0 Å². The summed E-state index contributed by atoms with van der Waals surface area (Å²) in [6.45, 7) is 6.72. The van der Waals surface area contributed by atoms with E-state index in [0.29, 0.717) is 60.9 Å². The first-order chi connectivity index (χ1) is 23.1. The van der Waals surface area contributed by atoms with Crippen molar-refractivity contribution in [3.8, 4) is 28.4 Å². The summed E-state index contributed by atoms with van der Waals surface area (Å²) in [5.74, 6) is 1.43. The fraction of sp³-hybridized carbons (Fsp3) is 0.395. The molecule has 2 aliphatic rings. The quantitative estimate of drug-likeness (QED) is 0.210. The smallest absolute Gasteiger partial charge is 0.245 e. The number of amides is 2. The first-order valence-corrected chi connectivity index (χ1v) is 16.5. The number of aromatic amines is 1. The van der Waals surface area contributed by atoms with Gasteiger partial charge in [0.05, 0.1) is 33.1 Å². The van der Waals surface area contributed by atoms with Crippen molar-refractivity contribution in [1.29, 1.82) is 0 Å². The van der Waals surface area contributed by atoms with Crippen LogP contribution in [-0.2, 0) is 29.0 Å². The Morgan fingerprint density at radius 3 is 2.48 bits per heavy atom. The minimum absolute atomic E-state index is 0.0351. The van der Waals surface area contributed by atoms with Crippen molar-refractivity contribution in [3.05, 3.63) is 81.1 Å². The number of ether oxygens (including phenoxy) is 3. The highest BCUT2D eigenvalue weighted by Gasteiger charge is 2.32. The average Bonchev–Trinajstić information content (AvgIpc) is 3.29. The van der Waals surface area contributed by atoms with Crippen LogP contribution in [0.2, 0.25) is 0 Å². The second-order valence-electron chi connectivity index (χ2n) is 13.1. The number of benzene rings is 2. The number of rotatable bonds is 9. The molecule has 10 heteroatoms. The molecule has 0 radical (unpaired) electrons. The number of fused-ring (bicyclic) bond motifs is 6. The lowest BCUT2D eigenvalue weighted by atomic mass is 9.95. The van der Waals surface area contributed by atoms with Crippen LogP contribution in [0.1, 0.15) is 62.0 Å². The molecule has 252 valence electrons. The van der Waals surface area contributed by atoms with Crippen LogP contribution in [0.15, 0.2) is 53.3 Å². The lowest BCUT2D eigenvalue weighted by molar-refractivity contribution is -0.133. The first kappa shape index (κ1) is 32.9. The van der Waals surface area contributed by atoms with Gasteiger partial charge in [-0.15, -0.1) is 0 Å². The molecule has 1 aliphatic heterocycles. The van der Waals surface area contributed by atoms with Crippen LogP contribution in [0.5, 0.6) is 17.2 Å². The Morgan fingerprint density at radius 2 is 1.77 bits per heavy atom. The summed E-state index contributed by atoms with van der Waals surface area (Å²) in [5.41, 5.74) is 6.57. The zero-order chi connectivity index (χ0) is 34.1. The minimum atomic E-state index is -0.607. The lowest BCUT2D eigenvalue weighted by Crippen LogP contribution is -2.46. The van der Waals surface area contributed by atoms with E-state index in [9.17, 15) is 14.4 Å². The van der Waals surface area contributed by atoms with Gasteiger partial charge in [-0.25, -0.2) is 0 Å². The molecule has 0 saturated carbocycles. The number of methoxy groups -OCH3 is 3. The van der Waals surface area contributed by atoms with E-state index in [1.165, 1.54) is 12.6 Å². The summed E-state index contributed by atoms with van der Waals surface area (Å²) in [6, 6.07) is 14.3. The maximum Gasteiger partial charge on any atom is 0.245 e. The van der Waals surface area contributed by atoms with Crippen LogP contribution in [0, 0.1) is 5.92 Å². The third-order valence-corrected chi connectivity index (χ3v) is 9.45. The van der Waals surface area contributed by atoms with E-state index in [1.807, 2.05) is 29.2 Å². The van der Waals surface area contributed by atoms with Gasteiger partial charge in [-0.2, -0.15) is 0 Å². The van der Waals surface area contributed by atoms with Crippen LogP contribution in [-0.4, -0.2) is 55.6 Å². The van der Waals surface area contributed by atoms with E-state index < -0.39 is 12.1 Å². The Bertz CT molecular complexity index is 1930. The molecule has 0 saturated heterocycles. The molecule has 2 heterocycles. The zero-order valence-corrected chi connectivity index (χ0v) is 28.5. The second kappa shape index (κ2) is 13.6. The molecule has 1 aromatic heterocycles. The molecule has 3 N–H and O–H groups in total. The Hall–Kier alpha value is -4.99. The maximum absolute atomic E-state index is 14.2. The van der Waals surface area contributed by atoms with Gasteiger partial charge in [0.15, 0.2) is 11.5 Å². The van der Waals surface area contributed by atoms with Gasteiger partial charge in [0.2, 0.25) is 23.0 Å². The molecule has 0 spiro atoms. The summed E-state index contributed by atoms with van der Waals surface area (Å²) >= 11 is 0. The summed E-state index contributed by atoms with van der Waals surface area (Å²) in [5, 5.41) is 7.55. The molecule has 4 aromatic rings. The number of nitrogens with one attached hydrogen (secondary N) is 3. The van der Waals surface area contributed by atoms with Gasteiger partial charge in [-0.3, -0.25) is 14.4 Å². The topological polar surface area (TPSA) is 122 Å². The number of H-pyrrole nitrogens is 1. The highest BCUT2D eigenvalue weighted by molar-refractivity contribution is 5.89. The van der Waals surface area contributed by atoms with Gasteiger partial charge in [-0.05, 0) is 66.1 Å². The number of carbonyl (C=O) groups is 2. The minimum Gasteiger partial charge on any atom is -0.493 e. The van der Waals surface area contributed by atoms with Crippen molar-refractivity contribution < 1.29 is 23.8 Å². The highest BCUT2D eigenvalue weighted by atomic mass is 16.5. The molecule has 48 heavy (non-hydrogen) atoms. The van der Waals surface area contributed by atoms with Crippen LogP contribution in [0.4, 0.5) is 5.69 Å². The number of anilines is 1. The van der Waals surface area contributed by atoms with Crippen molar-refractivity contribution >= 4 is 28.4 Å². The van der Waals surface area contributed by atoms with E-state index in [1.54, 1.807) is 33.5 Å². The molecule has 2 unspecified atom stereocenters. The van der Waals surface area contributed by atoms with E-state index in [0.717, 1.165) is 39.6 Å². The third-order valence-electron chi connectivity index (χ3n) is 9.45. The second-order valence-corrected chi connectivity index (χ2v) is 13.1. The van der Waals surface area contributed by atoms with Gasteiger partial charge >= 0.3 is 0 Å². The first-order valence-electron chi connectivity index (χ1n) is 16.5. The average molecular weight is 653 g/mol. The molecule has 1 aliphatic carbocycles. The fourth-order valence-corrected chi connectivity index (χ4v) is 7.28. The standard InChI is InChI=1S/C38H44N4O6/c1-21(2)17-32(38(45)42-16-15-30-27(20-42)24-9-7-8-10-28(24)40-30)41-31-14-12-25-26(19-33(31)44)29(39-22(3)43)13-11-23-18-34(46-4)36(47-5)37(48-6)35(23)25/h7-10,12,14,18-19,21,29,32,40H,11,13,15-17,20H2,1-6H3,(H,39,43)(H,41,44). The number of hydrogen-bond donors (Lipinski definition) is 3. The third kappa shape index (κ3) is 6.19. The van der Waals surface area contributed by atoms with Gasteiger partial charge < -0.3 is 34.7 Å². The van der Waals surface area contributed by atoms with Crippen LogP contribution >= 0.6 is 0 Å². The fourth-order valence-electron chi connectivity index (χ4n) is 7.28. The highest BCUT2D eigenvalue weighted by Crippen LogP contribution is 2.50. The van der Waals surface area contributed by atoms with Gasteiger partial charge in [0, 0.05) is 54.2 Å². The summed E-state index contributed by atoms with van der Waals surface area (Å²) in [4.78, 5) is 46.0. The van der Waals surface area contributed by atoms with Crippen molar-refractivity contribution in [2.24, 2.45) is 5.92 Å². The maximum atomic E-state index is 14.2. The van der Waals surface area contributed by atoms with Crippen molar-refractivity contribution in [1.82, 2.24) is 15.2 Å². The van der Waals surface area contributed by atoms with Gasteiger partial charge in [0.1, 0.15) is 6.04 Å².